The predicted molar refractivity (Wildman–Crippen MR) is 109 cm³/mol. The lowest BCUT2D eigenvalue weighted by molar-refractivity contribution is -0.131. The molecule has 2 heterocycles. The van der Waals surface area contributed by atoms with Crippen LogP contribution in [0.15, 0.2) is 32.7 Å². The number of carbonyl (C=O) groups is 1. The minimum atomic E-state index is -3.76. The van der Waals surface area contributed by atoms with Crippen molar-refractivity contribution in [1.82, 2.24) is 18.8 Å². The summed E-state index contributed by atoms with van der Waals surface area (Å²) in [6.45, 7) is 2.75. The Morgan fingerprint density at radius 3 is 2.38 bits per heavy atom. The van der Waals surface area contributed by atoms with Crippen molar-refractivity contribution < 1.29 is 13.2 Å². The standard InChI is InChI=1S/C19H26N4O5S/c1-3-20-29(27,28)14-8-9-16-15(12-14)18(25)23(19(26)21(16)2)13-17(24)22-10-6-4-5-7-11-22/h8-9,12,20H,3-7,10-11,13H2,1-2H3. The highest BCUT2D eigenvalue weighted by molar-refractivity contribution is 7.89. The molecule has 1 saturated heterocycles. The van der Waals surface area contributed by atoms with Crippen molar-refractivity contribution in [2.24, 2.45) is 7.05 Å². The molecular formula is C19H26N4O5S. The van der Waals surface area contributed by atoms with Crippen molar-refractivity contribution in [2.45, 2.75) is 44.0 Å². The van der Waals surface area contributed by atoms with E-state index in [0.717, 1.165) is 30.3 Å². The summed E-state index contributed by atoms with van der Waals surface area (Å²) in [7, 11) is -2.26. The van der Waals surface area contributed by atoms with E-state index < -0.39 is 21.3 Å². The molecule has 0 radical (unpaired) electrons. The monoisotopic (exact) mass is 422 g/mol. The van der Waals surface area contributed by atoms with Crippen LogP contribution in [0.1, 0.15) is 32.6 Å². The maximum absolute atomic E-state index is 13.0. The Hall–Kier alpha value is -2.46. The lowest BCUT2D eigenvalue weighted by atomic mass is 10.2. The number of hydrogen-bond donors (Lipinski definition) is 1. The van der Waals surface area contributed by atoms with Crippen LogP contribution < -0.4 is 16.0 Å². The van der Waals surface area contributed by atoms with Crippen LogP contribution >= 0.6 is 0 Å². The van der Waals surface area contributed by atoms with Gasteiger partial charge in [-0.1, -0.05) is 19.8 Å². The molecule has 1 aliphatic heterocycles. The van der Waals surface area contributed by atoms with Gasteiger partial charge in [-0.15, -0.1) is 0 Å². The third-order valence-corrected chi connectivity index (χ3v) is 6.76. The van der Waals surface area contributed by atoms with Gasteiger partial charge in [0.1, 0.15) is 6.54 Å². The van der Waals surface area contributed by atoms with Gasteiger partial charge in [0, 0.05) is 26.7 Å². The summed E-state index contributed by atoms with van der Waals surface area (Å²) in [5, 5.41) is 0.0785. The molecule has 158 valence electrons. The number of nitrogens with zero attached hydrogens (tertiary/aromatic N) is 3. The molecule has 1 aromatic heterocycles. The number of amides is 1. The van der Waals surface area contributed by atoms with E-state index in [1.54, 1.807) is 11.8 Å². The van der Waals surface area contributed by atoms with Crippen LogP contribution in [0.5, 0.6) is 0 Å². The first-order valence-corrected chi connectivity index (χ1v) is 11.3. The molecule has 1 aliphatic rings. The zero-order valence-electron chi connectivity index (χ0n) is 16.7. The number of carbonyl (C=O) groups excluding carboxylic acids is 1. The van der Waals surface area contributed by atoms with Crippen molar-refractivity contribution >= 4 is 26.8 Å². The molecule has 3 rings (SSSR count). The van der Waals surface area contributed by atoms with Crippen LogP contribution in [0.2, 0.25) is 0 Å². The number of nitrogens with one attached hydrogen (secondary N) is 1. The topological polar surface area (TPSA) is 110 Å². The average molecular weight is 423 g/mol. The number of hydrogen-bond acceptors (Lipinski definition) is 5. The molecule has 0 unspecified atom stereocenters. The second kappa shape index (κ2) is 8.50. The van der Waals surface area contributed by atoms with Crippen LogP contribution in [0.4, 0.5) is 0 Å². The van der Waals surface area contributed by atoms with Crippen molar-refractivity contribution in [3.05, 3.63) is 39.0 Å². The maximum Gasteiger partial charge on any atom is 0.331 e. The van der Waals surface area contributed by atoms with Crippen LogP contribution in [0.3, 0.4) is 0 Å². The first kappa shape index (κ1) is 21.3. The zero-order valence-corrected chi connectivity index (χ0v) is 17.5. The summed E-state index contributed by atoms with van der Waals surface area (Å²) >= 11 is 0. The third kappa shape index (κ3) is 4.27. The first-order valence-electron chi connectivity index (χ1n) is 9.77. The minimum absolute atomic E-state index is 0.0620. The molecule has 0 aliphatic carbocycles. The Balaban J connectivity index is 2.06. The molecule has 1 aromatic carbocycles. The average Bonchev–Trinajstić information content (AvgIpc) is 2.98. The fraction of sp³-hybridized carbons (Fsp3) is 0.526. The lowest BCUT2D eigenvalue weighted by Gasteiger charge is -2.21. The maximum atomic E-state index is 13.0. The van der Waals surface area contributed by atoms with E-state index in [1.807, 2.05) is 0 Å². The zero-order chi connectivity index (χ0) is 21.2. The van der Waals surface area contributed by atoms with Gasteiger partial charge in [0.15, 0.2) is 0 Å². The van der Waals surface area contributed by atoms with Gasteiger partial charge in [0.05, 0.1) is 15.8 Å². The molecular weight excluding hydrogens is 396 g/mol. The third-order valence-electron chi connectivity index (χ3n) is 5.22. The van der Waals surface area contributed by atoms with E-state index in [9.17, 15) is 22.8 Å². The van der Waals surface area contributed by atoms with Gasteiger partial charge in [-0.25, -0.2) is 17.9 Å². The number of aromatic nitrogens is 2. The van der Waals surface area contributed by atoms with E-state index in [4.69, 9.17) is 0 Å². The fourth-order valence-electron chi connectivity index (χ4n) is 3.63. The van der Waals surface area contributed by atoms with E-state index in [2.05, 4.69) is 4.72 Å². The Morgan fingerprint density at radius 2 is 1.76 bits per heavy atom. The molecule has 0 atom stereocenters. The lowest BCUT2D eigenvalue weighted by Crippen LogP contribution is -2.44. The van der Waals surface area contributed by atoms with Crippen molar-refractivity contribution in [1.29, 1.82) is 0 Å². The molecule has 29 heavy (non-hydrogen) atoms. The van der Waals surface area contributed by atoms with Crippen molar-refractivity contribution in [2.75, 3.05) is 19.6 Å². The number of sulfonamides is 1. The number of fused-ring (bicyclic) bond motifs is 1. The van der Waals surface area contributed by atoms with E-state index in [1.165, 1.54) is 29.8 Å². The molecule has 1 N–H and O–H groups in total. The summed E-state index contributed by atoms with van der Waals surface area (Å²) in [4.78, 5) is 40.0. The number of likely N-dealkylation sites (tertiary alicyclic amines) is 1. The quantitative estimate of drug-likeness (QED) is 0.750. The summed E-state index contributed by atoms with van der Waals surface area (Å²) in [6.07, 6.45) is 3.93. The minimum Gasteiger partial charge on any atom is -0.341 e. The largest absolute Gasteiger partial charge is 0.341 e. The number of benzene rings is 1. The smallest absolute Gasteiger partial charge is 0.331 e. The summed E-state index contributed by atoms with van der Waals surface area (Å²) in [5.74, 6) is -0.276. The predicted octanol–water partition coefficient (Wildman–Crippen LogP) is 0.401. The van der Waals surface area contributed by atoms with Gasteiger partial charge in [0.2, 0.25) is 15.9 Å². The van der Waals surface area contributed by atoms with Crippen LogP contribution in [-0.2, 0) is 28.4 Å². The molecule has 9 nitrogen and oxygen atoms in total. The molecule has 10 heteroatoms. The fourth-order valence-corrected chi connectivity index (χ4v) is 4.70. The van der Waals surface area contributed by atoms with Gasteiger partial charge in [-0.2, -0.15) is 0 Å². The molecule has 0 spiro atoms. The molecule has 1 fully saturated rings. The highest BCUT2D eigenvalue weighted by Crippen LogP contribution is 2.15. The Kier molecular flexibility index (Phi) is 6.23. The summed E-state index contributed by atoms with van der Waals surface area (Å²) in [6, 6.07) is 4.04. The second-order valence-electron chi connectivity index (χ2n) is 7.21. The molecule has 2 aromatic rings. The van der Waals surface area contributed by atoms with Crippen molar-refractivity contribution in [3.63, 3.8) is 0 Å². The Morgan fingerprint density at radius 1 is 1.10 bits per heavy atom. The second-order valence-corrected chi connectivity index (χ2v) is 8.98. The Labute approximate surface area is 169 Å². The normalized spacial score (nSPS) is 15.4. The highest BCUT2D eigenvalue weighted by atomic mass is 32.2. The SMILES string of the molecule is CCNS(=O)(=O)c1ccc2c(c1)c(=O)n(CC(=O)N1CCCCCC1)c(=O)n2C. The molecule has 0 saturated carbocycles. The van der Waals surface area contributed by atoms with Gasteiger partial charge in [-0.3, -0.25) is 18.7 Å². The van der Waals surface area contributed by atoms with Gasteiger partial charge < -0.3 is 4.90 Å². The van der Waals surface area contributed by atoms with E-state index >= 15 is 0 Å². The Bertz CT molecular complexity index is 1140. The molecule has 0 bridgehead atoms. The van der Waals surface area contributed by atoms with Crippen molar-refractivity contribution in [3.8, 4) is 0 Å². The van der Waals surface area contributed by atoms with Gasteiger partial charge in [-0.05, 0) is 31.0 Å². The van der Waals surface area contributed by atoms with Gasteiger partial charge in [0.25, 0.3) is 5.56 Å². The number of aryl methyl sites for hydroxylation is 1. The van der Waals surface area contributed by atoms with Gasteiger partial charge >= 0.3 is 5.69 Å². The highest BCUT2D eigenvalue weighted by Gasteiger charge is 2.21. The van der Waals surface area contributed by atoms with Crippen LogP contribution in [-0.4, -0.2) is 48.0 Å². The summed E-state index contributed by atoms with van der Waals surface area (Å²) < 4.78 is 29.1. The van der Waals surface area contributed by atoms with E-state index in [-0.39, 0.29) is 29.3 Å². The molecule has 1 amide bonds. The number of rotatable bonds is 5. The summed E-state index contributed by atoms with van der Waals surface area (Å²) in [5.41, 5.74) is -0.957. The van der Waals surface area contributed by atoms with E-state index in [0.29, 0.717) is 18.6 Å². The first-order chi connectivity index (χ1) is 13.8. The van der Waals surface area contributed by atoms with Crippen LogP contribution in [0.25, 0.3) is 10.9 Å². The van der Waals surface area contributed by atoms with Crippen LogP contribution in [0, 0.1) is 0 Å².